The maximum atomic E-state index is 12.1. The Labute approximate surface area is 135 Å². The van der Waals surface area contributed by atoms with Crippen LogP contribution < -0.4 is 5.32 Å². The summed E-state index contributed by atoms with van der Waals surface area (Å²) in [6, 6.07) is 16.0. The van der Waals surface area contributed by atoms with Gasteiger partial charge in [0.25, 0.3) is 0 Å². The first-order valence-corrected chi connectivity index (χ1v) is 7.61. The third-order valence-corrected chi connectivity index (χ3v) is 3.84. The molecule has 0 bridgehead atoms. The smallest absolute Gasteiger partial charge is 0.224 e. The van der Waals surface area contributed by atoms with Crippen LogP contribution in [0.15, 0.2) is 67.3 Å². The molecule has 116 valence electrons. The molecule has 1 amide bonds. The summed E-state index contributed by atoms with van der Waals surface area (Å²) in [6.45, 7) is 2.56. The number of hydrogen-bond donors (Lipinski definition) is 1. The molecule has 1 heterocycles. The van der Waals surface area contributed by atoms with E-state index in [0.717, 1.165) is 22.4 Å². The van der Waals surface area contributed by atoms with Gasteiger partial charge in [-0.05, 0) is 35.7 Å². The van der Waals surface area contributed by atoms with Crippen molar-refractivity contribution in [3.8, 4) is 5.69 Å². The first-order valence-electron chi connectivity index (χ1n) is 7.61. The highest BCUT2D eigenvalue weighted by Gasteiger charge is 2.05. The minimum absolute atomic E-state index is 0.0398. The van der Waals surface area contributed by atoms with Gasteiger partial charge in [0.1, 0.15) is 0 Å². The molecule has 2 aromatic carbocycles. The van der Waals surface area contributed by atoms with Gasteiger partial charge >= 0.3 is 0 Å². The van der Waals surface area contributed by atoms with Crippen molar-refractivity contribution in [3.63, 3.8) is 0 Å². The van der Waals surface area contributed by atoms with Crippen LogP contribution in [0, 0.1) is 6.92 Å². The highest BCUT2D eigenvalue weighted by molar-refractivity contribution is 5.78. The molecular formula is C19H19N3O. The van der Waals surface area contributed by atoms with Crippen molar-refractivity contribution in [2.24, 2.45) is 0 Å². The van der Waals surface area contributed by atoms with Crippen LogP contribution in [0.5, 0.6) is 0 Å². The summed E-state index contributed by atoms with van der Waals surface area (Å²) >= 11 is 0. The molecule has 4 heteroatoms. The van der Waals surface area contributed by atoms with Crippen molar-refractivity contribution >= 4 is 5.91 Å². The number of nitrogens with zero attached hydrogens (tertiary/aromatic N) is 2. The van der Waals surface area contributed by atoms with Gasteiger partial charge in [-0.3, -0.25) is 4.79 Å². The molecule has 0 saturated carbocycles. The Morgan fingerprint density at radius 2 is 1.91 bits per heavy atom. The molecule has 1 aromatic heterocycles. The molecule has 0 fully saturated rings. The maximum absolute atomic E-state index is 12.1. The van der Waals surface area contributed by atoms with Gasteiger partial charge in [-0.25, -0.2) is 4.98 Å². The van der Waals surface area contributed by atoms with E-state index < -0.39 is 0 Å². The number of carbonyl (C=O) groups excluding carboxylic acids is 1. The molecule has 1 N–H and O–H groups in total. The Morgan fingerprint density at radius 1 is 1.13 bits per heavy atom. The number of amides is 1. The van der Waals surface area contributed by atoms with Gasteiger partial charge in [-0.1, -0.05) is 36.4 Å². The predicted molar refractivity (Wildman–Crippen MR) is 90.3 cm³/mol. The Balaban J connectivity index is 1.56. The van der Waals surface area contributed by atoms with Crippen LogP contribution in [0.4, 0.5) is 0 Å². The van der Waals surface area contributed by atoms with Gasteiger partial charge in [-0.15, -0.1) is 0 Å². The number of hydrogen-bond acceptors (Lipinski definition) is 2. The standard InChI is InChI=1S/C19H19N3O/c1-15-4-2-3-5-17(15)12-19(23)21-13-16-6-8-18(9-7-16)22-11-10-20-14-22/h2-11,14H,12-13H2,1H3,(H,21,23). The zero-order chi connectivity index (χ0) is 16.1. The quantitative estimate of drug-likeness (QED) is 0.787. The van der Waals surface area contributed by atoms with Crippen molar-refractivity contribution in [3.05, 3.63) is 83.9 Å². The first kappa shape index (κ1) is 15.0. The van der Waals surface area contributed by atoms with E-state index >= 15 is 0 Å². The van der Waals surface area contributed by atoms with E-state index in [1.807, 2.05) is 66.2 Å². The van der Waals surface area contributed by atoms with Gasteiger partial charge in [0.2, 0.25) is 5.91 Å². The van der Waals surface area contributed by atoms with E-state index in [2.05, 4.69) is 10.3 Å². The Kier molecular flexibility index (Phi) is 4.52. The van der Waals surface area contributed by atoms with Gasteiger partial charge in [-0.2, -0.15) is 0 Å². The Hall–Kier alpha value is -2.88. The summed E-state index contributed by atoms with van der Waals surface area (Å²) in [7, 11) is 0. The lowest BCUT2D eigenvalue weighted by atomic mass is 10.1. The number of aromatic nitrogens is 2. The lowest BCUT2D eigenvalue weighted by Crippen LogP contribution is -2.24. The molecule has 23 heavy (non-hydrogen) atoms. The molecule has 3 aromatic rings. The zero-order valence-electron chi connectivity index (χ0n) is 13.1. The molecule has 0 radical (unpaired) electrons. The highest BCUT2D eigenvalue weighted by atomic mass is 16.1. The van der Waals surface area contributed by atoms with Gasteiger partial charge < -0.3 is 9.88 Å². The number of rotatable bonds is 5. The molecule has 0 atom stereocenters. The minimum atomic E-state index is 0.0398. The SMILES string of the molecule is Cc1ccccc1CC(=O)NCc1ccc(-n2ccnc2)cc1. The number of aryl methyl sites for hydroxylation is 1. The maximum Gasteiger partial charge on any atom is 0.224 e. The topological polar surface area (TPSA) is 46.9 Å². The summed E-state index contributed by atoms with van der Waals surface area (Å²) in [4.78, 5) is 16.1. The summed E-state index contributed by atoms with van der Waals surface area (Å²) < 4.78 is 1.94. The van der Waals surface area contributed by atoms with Crippen molar-refractivity contribution in [2.75, 3.05) is 0 Å². The van der Waals surface area contributed by atoms with E-state index in [0.29, 0.717) is 13.0 Å². The molecule has 4 nitrogen and oxygen atoms in total. The molecule has 0 aliphatic rings. The van der Waals surface area contributed by atoms with Crippen LogP contribution in [0.1, 0.15) is 16.7 Å². The van der Waals surface area contributed by atoms with Crippen molar-refractivity contribution < 1.29 is 4.79 Å². The van der Waals surface area contributed by atoms with E-state index in [1.165, 1.54) is 0 Å². The van der Waals surface area contributed by atoms with Crippen LogP contribution >= 0.6 is 0 Å². The Morgan fingerprint density at radius 3 is 2.61 bits per heavy atom. The van der Waals surface area contributed by atoms with E-state index in [1.54, 1.807) is 12.5 Å². The second kappa shape index (κ2) is 6.92. The number of imidazole rings is 1. The molecule has 0 unspecified atom stereocenters. The number of benzene rings is 2. The summed E-state index contributed by atoms with van der Waals surface area (Å²) in [5, 5.41) is 2.97. The fraction of sp³-hybridized carbons (Fsp3) is 0.158. The number of nitrogens with one attached hydrogen (secondary N) is 1. The average Bonchev–Trinajstić information content (AvgIpc) is 3.10. The van der Waals surface area contributed by atoms with Crippen LogP contribution in [-0.4, -0.2) is 15.5 Å². The fourth-order valence-corrected chi connectivity index (χ4v) is 2.44. The molecular weight excluding hydrogens is 286 g/mol. The zero-order valence-corrected chi connectivity index (χ0v) is 13.1. The first-order chi connectivity index (χ1) is 11.2. The minimum Gasteiger partial charge on any atom is -0.352 e. The predicted octanol–water partition coefficient (Wildman–Crippen LogP) is 3.04. The third-order valence-electron chi connectivity index (χ3n) is 3.84. The Bertz CT molecular complexity index is 777. The second-order valence-corrected chi connectivity index (χ2v) is 5.52. The summed E-state index contributed by atoms with van der Waals surface area (Å²) in [6.07, 6.45) is 5.83. The van der Waals surface area contributed by atoms with Crippen LogP contribution in [0.3, 0.4) is 0 Å². The lowest BCUT2D eigenvalue weighted by Gasteiger charge is -2.08. The lowest BCUT2D eigenvalue weighted by molar-refractivity contribution is -0.120. The fourth-order valence-electron chi connectivity index (χ4n) is 2.44. The van der Waals surface area contributed by atoms with Crippen LogP contribution in [-0.2, 0) is 17.8 Å². The van der Waals surface area contributed by atoms with Gasteiger partial charge in [0.15, 0.2) is 0 Å². The van der Waals surface area contributed by atoms with Crippen LogP contribution in [0.2, 0.25) is 0 Å². The number of carbonyl (C=O) groups is 1. The van der Waals surface area contributed by atoms with Crippen molar-refractivity contribution in [1.29, 1.82) is 0 Å². The van der Waals surface area contributed by atoms with Crippen LogP contribution in [0.25, 0.3) is 5.69 Å². The highest BCUT2D eigenvalue weighted by Crippen LogP contribution is 2.10. The van der Waals surface area contributed by atoms with Crippen molar-refractivity contribution in [1.82, 2.24) is 14.9 Å². The monoisotopic (exact) mass is 305 g/mol. The third kappa shape index (κ3) is 3.86. The van der Waals surface area contributed by atoms with E-state index in [-0.39, 0.29) is 5.91 Å². The van der Waals surface area contributed by atoms with Gasteiger partial charge in [0.05, 0.1) is 12.7 Å². The normalized spacial score (nSPS) is 10.5. The largest absolute Gasteiger partial charge is 0.352 e. The summed E-state index contributed by atoms with van der Waals surface area (Å²) in [5.41, 5.74) is 4.34. The molecule has 3 rings (SSSR count). The van der Waals surface area contributed by atoms with E-state index in [9.17, 15) is 4.79 Å². The van der Waals surface area contributed by atoms with Crippen molar-refractivity contribution in [2.45, 2.75) is 19.9 Å². The van der Waals surface area contributed by atoms with E-state index in [4.69, 9.17) is 0 Å². The molecule has 0 aliphatic heterocycles. The molecule has 0 aliphatic carbocycles. The summed E-state index contributed by atoms with van der Waals surface area (Å²) in [5.74, 6) is 0.0398. The van der Waals surface area contributed by atoms with Gasteiger partial charge in [0, 0.05) is 24.6 Å². The molecule has 0 spiro atoms. The second-order valence-electron chi connectivity index (χ2n) is 5.52. The average molecular weight is 305 g/mol. The molecule has 0 saturated heterocycles.